The number of hydrogen-bond donors (Lipinski definition) is 2. The Labute approximate surface area is 319 Å². The number of carbonyl (C=O) groups is 2. The lowest BCUT2D eigenvalue weighted by Gasteiger charge is -2.26. The molecule has 2 amide bonds. The highest BCUT2D eigenvalue weighted by atomic mass is 35.5. The van der Waals surface area contributed by atoms with Crippen molar-refractivity contribution in [3.05, 3.63) is 129 Å². The van der Waals surface area contributed by atoms with Crippen LogP contribution in [0, 0.1) is 0 Å². The number of carbonyl (C=O) groups excluding carboxylic acids is 2. The van der Waals surface area contributed by atoms with Gasteiger partial charge in [-0.25, -0.2) is 0 Å². The van der Waals surface area contributed by atoms with Crippen molar-refractivity contribution in [3.8, 4) is 11.5 Å². The van der Waals surface area contributed by atoms with Crippen molar-refractivity contribution in [1.82, 2.24) is 0 Å². The Bertz CT molecular complexity index is 2170. The number of anilines is 3. The standard InChI is InChI=1S/C41H39Cl3N4O4/c1-40(2)28-20-25(42)14-18-33(28)47(23-38(49)45-31-11-8-7-10-30(31)44)36(40)12-9-13-37-41(3,4)29-21-26(43)15-19-34(29)48(37)24-39(50)46-32-17-16-27(51-5)22-35(32)52-6/h7-22H,23-24H2,1-6H3,(H-,45,46,49,50)/p+1. The van der Waals surface area contributed by atoms with Crippen molar-refractivity contribution in [2.45, 2.75) is 38.5 Å². The minimum Gasteiger partial charge on any atom is -0.497 e. The predicted molar refractivity (Wildman–Crippen MR) is 212 cm³/mol. The number of nitrogens with one attached hydrogen (secondary N) is 2. The van der Waals surface area contributed by atoms with Crippen molar-refractivity contribution in [2.24, 2.45) is 0 Å². The summed E-state index contributed by atoms with van der Waals surface area (Å²) in [6.45, 7) is 8.54. The summed E-state index contributed by atoms with van der Waals surface area (Å²) in [7, 11) is 3.12. The molecule has 0 saturated heterocycles. The third-order valence-corrected chi connectivity index (χ3v) is 10.4. The maximum atomic E-state index is 13.7. The summed E-state index contributed by atoms with van der Waals surface area (Å²) >= 11 is 19.3. The first-order valence-electron chi connectivity index (χ1n) is 16.7. The third-order valence-electron chi connectivity index (χ3n) is 9.65. The molecule has 52 heavy (non-hydrogen) atoms. The predicted octanol–water partition coefficient (Wildman–Crippen LogP) is 9.56. The summed E-state index contributed by atoms with van der Waals surface area (Å²) in [6.07, 6.45) is 6.03. The summed E-state index contributed by atoms with van der Waals surface area (Å²) in [5, 5.41) is 7.64. The Balaban J connectivity index is 1.36. The van der Waals surface area contributed by atoms with Gasteiger partial charge in [-0.05, 0) is 80.1 Å². The maximum Gasteiger partial charge on any atom is 0.290 e. The molecule has 0 aromatic heterocycles. The molecule has 2 N–H and O–H groups in total. The molecule has 2 heterocycles. The molecule has 0 unspecified atom stereocenters. The van der Waals surface area contributed by atoms with Crippen LogP contribution in [0.15, 0.2) is 103 Å². The highest BCUT2D eigenvalue weighted by molar-refractivity contribution is 6.33. The number of nitrogens with zero attached hydrogens (tertiary/aromatic N) is 2. The molecule has 0 atom stereocenters. The molecular weight excluding hydrogens is 719 g/mol. The monoisotopic (exact) mass is 757 g/mol. The molecule has 0 radical (unpaired) electrons. The van der Waals surface area contributed by atoms with Gasteiger partial charge in [-0.2, -0.15) is 4.58 Å². The molecular formula is C41H40Cl3N4O4+. The van der Waals surface area contributed by atoms with Crippen LogP contribution in [-0.4, -0.2) is 49.4 Å². The normalized spacial score (nSPS) is 16.2. The largest absolute Gasteiger partial charge is 0.497 e. The lowest BCUT2D eigenvalue weighted by atomic mass is 9.81. The average Bonchev–Trinajstić information content (AvgIpc) is 3.43. The molecule has 2 aliphatic rings. The smallest absolute Gasteiger partial charge is 0.290 e. The van der Waals surface area contributed by atoms with E-state index in [0.29, 0.717) is 37.9 Å². The number of allylic oxidation sites excluding steroid dienone is 4. The molecule has 8 nitrogen and oxygen atoms in total. The maximum absolute atomic E-state index is 13.7. The molecule has 11 heteroatoms. The fourth-order valence-corrected chi connectivity index (χ4v) is 7.52. The fraction of sp³-hybridized carbons (Fsp3) is 0.244. The number of para-hydroxylation sites is 1. The molecule has 4 aromatic rings. The van der Waals surface area contributed by atoms with Crippen molar-refractivity contribution in [3.63, 3.8) is 0 Å². The van der Waals surface area contributed by atoms with Crippen LogP contribution in [0.1, 0.15) is 38.8 Å². The molecule has 0 fully saturated rings. The molecule has 0 saturated carbocycles. The van der Waals surface area contributed by atoms with Gasteiger partial charge in [-0.1, -0.05) is 66.9 Å². The molecule has 6 rings (SSSR count). The second-order valence-electron chi connectivity index (χ2n) is 13.7. The second-order valence-corrected chi connectivity index (χ2v) is 15.0. The molecule has 0 bridgehead atoms. The summed E-state index contributed by atoms with van der Waals surface area (Å²) in [5.74, 6) is 0.661. The van der Waals surface area contributed by atoms with E-state index in [4.69, 9.17) is 44.3 Å². The van der Waals surface area contributed by atoms with Crippen molar-refractivity contribution in [2.75, 3.05) is 42.8 Å². The minimum absolute atomic E-state index is 0.0350. The Morgan fingerprint density at radius 3 is 2.19 bits per heavy atom. The van der Waals surface area contributed by atoms with Gasteiger partial charge in [-0.15, -0.1) is 0 Å². The quantitative estimate of drug-likeness (QED) is 0.158. The highest BCUT2D eigenvalue weighted by Gasteiger charge is 2.45. The summed E-state index contributed by atoms with van der Waals surface area (Å²) in [4.78, 5) is 29.1. The summed E-state index contributed by atoms with van der Waals surface area (Å²) < 4.78 is 12.8. The lowest BCUT2D eigenvalue weighted by Crippen LogP contribution is -2.34. The van der Waals surface area contributed by atoms with E-state index in [-0.39, 0.29) is 24.9 Å². The van der Waals surface area contributed by atoms with Crippen molar-refractivity contribution >= 4 is 75.1 Å². The fourth-order valence-electron chi connectivity index (χ4n) is 7.00. The van der Waals surface area contributed by atoms with Crippen LogP contribution in [0.2, 0.25) is 15.1 Å². The first-order chi connectivity index (χ1) is 24.7. The van der Waals surface area contributed by atoms with Crippen LogP contribution in [0.25, 0.3) is 0 Å². The average molecular weight is 759 g/mol. The van der Waals surface area contributed by atoms with Gasteiger partial charge in [0.05, 0.1) is 36.0 Å². The van der Waals surface area contributed by atoms with Crippen LogP contribution < -0.4 is 25.0 Å². The van der Waals surface area contributed by atoms with E-state index in [1.54, 1.807) is 44.6 Å². The van der Waals surface area contributed by atoms with Gasteiger partial charge >= 0.3 is 0 Å². The molecule has 0 spiro atoms. The molecule has 268 valence electrons. The highest BCUT2D eigenvalue weighted by Crippen LogP contribution is 2.49. The zero-order valence-corrected chi connectivity index (χ0v) is 32.1. The lowest BCUT2D eigenvalue weighted by molar-refractivity contribution is -0.424. The molecule has 2 aliphatic heterocycles. The zero-order chi connectivity index (χ0) is 37.4. The van der Waals surface area contributed by atoms with Gasteiger partial charge < -0.3 is 25.0 Å². The second kappa shape index (κ2) is 14.7. The number of rotatable bonds is 10. The van der Waals surface area contributed by atoms with Crippen molar-refractivity contribution in [1.29, 1.82) is 0 Å². The van der Waals surface area contributed by atoms with Crippen LogP contribution in [-0.2, 0) is 20.4 Å². The van der Waals surface area contributed by atoms with Gasteiger partial charge in [0.15, 0.2) is 5.71 Å². The van der Waals surface area contributed by atoms with Crippen LogP contribution in [0.4, 0.5) is 22.7 Å². The number of halogens is 3. The molecule has 4 aromatic carbocycles. The SMILES string of the molecule is COc1ccc(NC(=O)C[N+]2=C(/C=C/C=C3/N(CC(=O)Nc4ccccc4Cl)c4ccc(Cl)cc4C3(C)C)C(C)(C)c3cc(Cl)ccc32)c(OC)c1. The van der Waals surface area contributed by atoms with Crippen molar-refractivity contribution < 1.29 is 23.6 Å². The first-order valence-corrected chi connectivity index (χ1v) is 17.9. The first kappa shape index (κ1) is 37.0. The van der Waals surface area contributed by atoms with Crippen LogP contribution in [0.3, 0.4) is 0 Å². The van der Waals surface area contributed by atoms with Gasteiger partial charge in [-0.3, -0.25) is 9.59 Å². The van der Waals surface area contributed by atoms with E-state index in [0.717, 1.165) is 33.9 Å². The van der Waals surface area contributed by atoms with Gasteiger partial charge in [0, 0.05) is 50.6 Å². The van der Waals surface area contributed by atoms with E-state index in [2.05, 4.69) is 38.3 Å². The van der Waals surface area contributed by atoms with E-state index in [1.165, 1.54) is 0 Å². The number of hydrogen-bond acceptors (Lipinski definition) is 5. The Morgan fingerprint density at radius 1 is 0.788 bits per heavy atom. The number of benzene rings is 4. The number of amides is 2. The topological polar surface area (TPSA) is 82.9 Å². The van der Waals surface area contributed by atoms with E-state index >= 15 is 0 Å². The zero-order valence-electron chi connectivity index (χ0n) is 29.8. The summed E-state index contributed by atoms with van der Waals surface area (Å²) in [6, 6.07) is 23.8. The minimum atomic E-state index is -0.496. The Kier molecular flexibility index (Phi) is 10.5. The summed E-state index contributed by atoms with van der Waals surface area (Å²) in [5.41, 5.74) is 5.70. The van der Waals surface area contributed by atoms with E-state index < -0.39 is 10.8 Å². The van der Waals surface area contributed by atoms with Crippen LogP contribution >= 0.6 is 34.8 Å². The van der Waals surface area contributed by atoms with Crippen LogP contribution in [0.5, 0.6) is 11.5 Å². The van der Waals surface area contributed by atoms with Gasteiger partial charge in [0.25, 0.3) is 5.91 Å². The third kappa shape index (κ3) is 7.16. The molecule has 0 aliphatic carbocycles. The number of ether oxygens (including phenoxy) is 2. The van der Waals surface area contributed by atoms with E-state index in [1.807, 2.05) is 76.2 Å². The number of methoxy groups -OCH3 is 2. The van der Waals surface area contributed by atoms with Gasteiger partial charge in [0.1, 0.15) is 18.0 Å². The Hall–Kier alpha value is -4.76. The van der Waals surface area contributed by atoms with E-state index in [9.17, 15) is 9.59 Å². The van der Waals surface area contributed by atoms with Gasteiger partial charge in [0.2, 0.25) is 18.1 Å². The Morgan fingerprint density at radius 2 is 1.48 bits per heavy atom. The number of fused-ring (bicyclic) bond motifs is 2.